The smallest absolute Gasteiger partial charge is 0.256 e. The first kappa shape index (κ1) is 47.9. The molecule has 0 fully saturated rings. The van der Waals surface area contributed by atoms with Crippen LogP contribution < -0.4 is 21.1 Å². The van der Waals surface area contributed by atoms with Crippen LogP contribution >= 0.6 is 0 Å². The summed E-state index contributed by atoms with van der Waals surface area (Å²) < 4.78 is 19.7. The Morgan fingerprint density at radius 1 is 0.326 bits per heavy atom. The lowest BCUT2D eigenvalue weighted by Gasteiger charge is -2.35. The summed E-state index contributed by atoms with van der Waals surface area (Å²) in [5, 5.41) is 12.3. The molecule has 6 nitrogen and oxygen atoms in total. The average Bonchev–Trinajstić information content (AvgIpc) is 1.54. The van der Waals surface area contributed by atoms with Gasteiger partial charge in [-0.3, -0.25) is 0 Å². The van der Waals surface area contributed by atoms with Gasteiger partial charge in [-0.25, -0.2) is 0 Å². The fourth-order valence-corrected chi connectivity index (χ4v) is 15.5. The largest absolute Gasteiger partial charge is 0.458 e. The van der Waals surface area contributed by atoms with Crippen molar-refractivity contribution in [2.75, 3.05) is 0 Å². The van der Waals surface area contributed by atoms with Crippen LogP contribution in [0.1, 0.15) is 51.7 Å². The summed E-state index contributed by atoms with van der Waals surface area (Å²) in [6.07, 6.45) is 0. The Morgan fingerprint density at radius 3 is 1.15 bits per heavy atom. The maximum absolute atomic E-state index is 7.26. The zero-order valence-corrected chi connectivity index (χ0v) is 48.4. The zero-order chi connectivity index (χ0) is 57.0. The second-order valence-electron chi connectivity index (χ2n) is 25.5. The molecule has 86 heavy (non-hydrogen) atoms. The van der Waals surface area contributed by atoms with Crippen LogP contribution in [0.4, 0.5) is 0 Å². The molecule has 7 heterocycles. The number of hydrogen-bond acceptors (Lipinski definition) is 1. The van der Waals surface area contributed by atoms with Gasteiger partial charge < -0.3 is 27.6 Å². The van der Waals surface area contributed by atoms with Crippen molar-refractivity contribution in [2.24, 2.45) is 0 Å². The van der Waals surface area contributed by atoms with Gasteiger partial charge in [0, 0.05) is 87.8 Å². The second-order valence-corrected chi connectivity index (χ2v) is 25.5. The minimum atomic E-state index is -0.0891. The molecule has 7 heteroatoms. The van der Waals surface area contributed by atoms with E-state index in [0.29, 0.717) is 0 Å². The highest BCUT2D eigenvalue weighted by atomic mass is 16.5. The van der Waals surface area contributed by atoms with E-state index < -0.39 is 0 Å². The van der Waals surface area contributed by atoms with Crippen LogP contribution in [0.15, 0.2) is 243 Å². The number of benzene rings is 12. The Bertz CT molecular complexity index is 5750. The van der Waals surface area contributed by atoms with Crippen LogP contribution in [0, 0.1) is 0 Å². The maximum atomic E-state index is 7.26. The van der Waals surface area contributed by atoms with Crippen molar-refractivity contribution in [3.05, 3.63) is 254 Å². The van der Waals surface area contributed by atoms with E-state index in [1.165, 1.54) is 137 Å². The van der Waals surface area contributed by atoms with E-state index in [-0.39, 0.29) is 18.0 Å². The summed E-state index contributed by atoms with van der Waals surface area (Å²) in [4.78, 5) is 0. The van der Waals surface area contributed by atoms with Crippen molar-refractivity contribution in [1.82, 2.24) is 22.8 Å². The zero-order valence-electron chi connectivity index (χ0n) is 48.4. The molecule has 19 rings (SSSR count). The molecule has 12 aromatic carbocycles. The molecule has 0 saturated carbocycles. The monoisotopic (exact) mass is 1100 g/mol. The van der Waals surface area contributed by atoms with Crippen molar-refractivity contribution in [3.63, 3.8) is 0 Å². The van der Waals surface area contributed by atoms with E-state index >= 15 is 0 Å². The minimum absolute atomic E-state index is 0.0591. The lowest BCUT2D eigenvalue weighted by molar-refractivity contribution is 0.482. The molecule has 0 saturated heterocycles. The summed E-state index contributed by atoms with van der Waals surface area (Å²) in [6.45, 7) is 11.4. The van der Waals surface area contributed by atoms with Crippen LogP contribution in [0.25, 0.3) is 137 Å². The molecule has 0 N–H and O–H groups in total. The first-order valence-corrected chi connectivity index (χ1v) is 30.3. The van der Waals surface area contributed by atoms with Gasteiger partial charge >= 0.3 is 0 Å². The molecule has 0 atom stereocenters. The molecule has 5 aromatic heterocycles. The maximum Gasteiger partial charge on any atom is 0.256 e. The van der Waals surface area contributed by atoms with E-state index in [9.17, 15) is 0 Å². The molecule has 2 aliphatic rings. The molecule has 0 amide bonds. The van der Waals surface area contributed by atoms with E-state index in [1.54, 1.807) is 0 Å². The summed E-state index contributed by atoms with van der Waals surface area (Å²) in [5.41, 5.74) is 23.8. The second kappa shape index (κ2) is 17.1. The Kier molecular flexibility index (Phi) is 9.52. The van der Waals surface area contributed by atoms with Gasteiger partial charge in [0.1, 0.15) is 11.5 Å². The number of para-hydroxylation sites is 6. The van der Waals surface area contributed by atoms with Crippen molar-refractivity contribution in [2.45, 2.75) is 46.0 Å². The normalized spacial score (nSPS) is 13.1. The molecule has 0 unspecified atom stereocenters. The van der Waals surface area contributed by atoms with Gasteiger partial charge in [-0.1, -0.05) is 156 Å². The summed E-state index contributed by atoms with van der Waals surface area (Å²) in [5.74, 6) is 2.16. The lowest BCUT2D eigenvalue weighted by Crippen LogP contribution is -2.58. The number of aromatic nitrogens is 5. The number of ether oxygens (including phenoxy) is 1. The van der Waals surface area contributed by atoms with E-state index in [4.69, 9.17) is 4.74 Å². The third kappa shape index (κ3) is 6.41. The topological polar surface area (TPSA) is 33.9 Å². The highest BCUT2D eigenvalue weighted by Crippen LogP contribution is 2.45. The number of rotatable bonds is 5. The van der Waals surface area contributed by atoms with Crippen LogP contribution in [-0.2, 0) is 5.41 Å². The molecule has 17 aromatic rings. The van der Waals surface area contributed by atoms with Gasteiger partial charge in [0.25, 0.3) is 6.71 Å². The molecule has 0 bridgehead atoms. The van der Waals surface area contributed by atoms with Gasteiger partial charge in [0.2, 0.25) is 0 Å². The third-order valence-electron chi connectivity index (χ3n) is 19.4. The Balaban J connectivity index is 0.891. The van der Waals surface area contributed by atoms with Crippen LogP contribution in [-0.4, -0.2) is 29.5 Å². The molecule has 0 aliphatic carbocycles. The highest BCUT2D eigenvalue weighted by Gasteiger charge is 2.42. The summed E-state index contributed by atoms with van der Waals surface area (Å²) in [7, 11) is 0. The minimum Gasteiger partial charge on any atom is -0.458 e. The predicted molar refractivity (Wildman–Crippen MR) is 362 cm³/mol. The average molecular weight is 1100 g/mol. The predicted octanol–water partition coefficient (Wildman–Crippen LogP) is 18.5. The summed E-state index contributed by atoms with van der Waals surface area (Å²) >= 11 is 0. The first-order valence-electron chi connectivity index (χ1n) is 30.3. The van der Waals surface area contributed by atoms with Gasteiger partial charge in [0.15, 0.2) is 0 Å². The van der Waals surface area contributed by atoms with Crippen LogP contribution in [0.2, 0.25) is 0 Å². The first-order chi connectivity index (χ1) is 42.1. The molecule has 0 radical (unpaired) electrons. The molecular formula is C79H56BN5O. The standard InChI is InChI=1S/C79H56BN5O/c1-46(2)47-38-74-77-76(39-47)86-75-40-48(79(3,4)5)30-34-63(75)80(77)64-45-52(84-70-29-17-11-23-58(70)60-42-50(32-36-72(60)84)82-67-26-14-8-20-55(67)56-21-9-15-27-68(56)82)44-62-61-43-51(33-37-73(61)85(74)78(62)64)83-69-28-16-10-22-57(69)59-41-49(31-35-71(59)83)81-65-24-12-6-18-53(65)54-19-7-13-25-66(54)81/h6-46H,1-5H3. The van der Waals surface area contributed by atoms with Gasteiger partial charge in [-0.05, 0) is 160 Å². The van der Waals surface area contributed by atoms with Gasteiger partial charge in [-0.15, -0.1) is 0 Å². The molecule has 406 valence electrons. The Labute approximate surface area is 496 Å². The fraction of sp³-hybridized carbons (Fsp3) is 0.0886. The van der Waals surface area contributed by atoms with E-state index in [1.807, 2.05) is 0 Å². The quantitative estimate of drug-likeness (QED) is 0.158. The molecule has 0 spiro atoms. The van der Waals surface area contributed by atoms with Crippen LogP contribution in [0.3, 0.4) is 0 Å². The van der Waals surface area contributed by atoms with E-state index in [2.05, 4.69) is 300 Å². The van der Waals surface area contributed by atoms with E-state index in [0.717, 1.165) is 39.8 Å². The fourth-order valence-electron chi connectivity index (χ4n) is 15.5. The van der Waals surface area contributed by atoms with Crippen molar-refractivity contribution >= 4 is 132 Å². The van der Waals surface area contributed by atoms with Crippen LogP contribution in [0.5, 0.6) is 11.5 Å². The summed E-state index contributed by atoms with van der Waals surface area (Å²) in [6, 6.07) is 91.3. The highest BCUT2D eigenvalue weighted by molar-refractivity contribution is 6.99. The lowest BCUT2D eigenvalue weighted by atomic mass is 9.34. The third-order valence-corrected chi connectivity index (χ3v) is 19.4. The van der Waals surface area contributed by atoms with Gasteiger partial charge in [-0.2, -0.15) is 0 Å². The number of nitrogens with zero attached hydrogens (tertiary/aromatic N) is 5. The molecule has 2 aliphatic heterocycles. The van der Waals surface area contributed by atoms with Crippen molar-refractivity contribution in [1.29, 1.82) is 0 Å². The number of hydrogen-bond donors (Lipinski definition) is 0. The van der Waals surface area contributed by atoms with Crippen molar-refractivity contribution in [3.8, 4) is 39.9 Å². The van der Waals surface area contributed by atoms with Crippen molar-refractivity contribution < 1.29 is 4.74 Å². The molecular weight excluding hydrogens is 1050 g/mol. The Hall–Kier alpha value is -10.5. The van der Waals surface area contributed by atoms with Gasteiger partial charge in [0.05, 0.1) is 49.7 Å². The SMILES string of the molecule is CC(C)c1cc2c3c(c1)-n1c4ccc(-n5c6ccccc6c6cc(-n7c8ccccc8c8ccccc87)ccc65)cc4c4cc(-n5c6ccccc6c6cc(-n7c8ccccc8c8ccccc87)ccc65)cc(c41)B3c1ccc(C(C)(C)C)cc1O2. The number of fused-ring (bicyclic) bond motifs is 19. The Morgan fingerprint density at radius 2 is 0.709 bits per heavy atom.